The number of imide groups is 1. The summed E-state index contributed by atoms with van der Waals surface area (Å²) < 4.78 is 10.9. The van der Waals surface area contributed by atoms with Crippen LogP contribution in [0, 0.1) is 0 Å². The fourth-order valence-corrected chi connectivity index (χ4v) is 2.33. The van der Waals surface area contributed by atoms with E-state index in [0.29, 0.717) is 18.8 Å². The van der Waals surface area contributed by atoms with Crippen molar-refractivity contribution >= 4 is 11.9 Å². The van der Waals surface area contributed by atoms with Crippen LogP contribution in [0.2, 0.25) is 0 Å². The van der Waals surface area contributed by atoms with Crippen molar-refractivity contribution in [2.24, 2.45) is 0 Å². The van der Waals surface area contributed by atoms with Crippen LogP contribution in [-0.2, 0) is 4.79 Å². The predicted molar refractivity (Wildman–Crippen MR) is 82.0 cm³/mol. The van der Waals surface area contributed by atoms with Gasteiger partial charge < -0.3 is 14.8 Å². The Hall–Kier alpha value is -2.24. The van der Waals surface area contributed by atoms with Gasteiger partial charge in [0.05, 0.1) is 13.2 Å². The first-order valence-corrected chi connectivity index (χ1v) is 7.63. The van der Waals surface area contributed by atoms with Gasteiger partial charge in [0.2, 0.25) is 0 Å². The second-order valence-corrected chi connectivity index (χ2v) is 5.03. The summed E-state index contributed by atoms with van der Waals surface area (Å²) in [6.45, 7) is 5.04. The largest absolute Gasteiger partial charge is 0.494 e. The minimum absolute atomic E-state index is 0.165. The van der Waals surface area contributed by atoms with Gasteiger partial charge in [0.1, 0.15) is 24.1 Å². The summed E-state index contributed by atoms with van der Waals surface area (Å²) in [4.78, 5) is 25.0. The molecule has 2 rings (SSSR count). The molecule has 1 N–H and O–H groups in total. The maximum absolute atomic E-state index is 12.0. The molecule has 0 bridgehead atoms. The van der Waals surface area contributed by atoms with Crippen molar-refractivity contribution in [2.45, 2.75) is 32.7 Å². The van der Waals surface area contributed by atoms with E-state index in [0.717, 1.165) is 12.2 Å². The number of amides is 3. The third kappa shape index (κ3) is 3.90. The van der Waals surface area contributed by atoms with Crippen LogP contribution in [0.4, 0.5) is 4.79 Å². The van der Waals surface area contributed by atoms with E-state index in [-0.39, 0.29) is 31.1 Å². The minimum Gasteiger partial charge on any atom is -0.494 e. The lowest BCUT2D eigenvalue weighted by molar-refractivity contribution is -0.127. The molecule has 3 amide bonds. The highest BCUT2D eigenvalue weighted by Gasteiger charge is 2.36. The van der Waals surface area contributed by atoms with Crippen molar-refractivity contribution in [3.63, 3.8) is 0 Å². The highest BCUT2D eigenvalue weighted by molar-refractivity contribution is 6.04. The number of ether oxygens (including phenoxy) is 2. The molecule has 1 fully saturated rings. The van der Waals surface area contributed by atoms with E-state index < -0.39 is 0 Å². The fourth-order valence-electron chi connectivity index (χ4n) is 2.33. The lowest BCUT2D eigenvalue weighted by atomic mass is 10.2. The van der Waals surface area contributed by atoms with E-state index in [9.17, 15) is 9.59 Å². The van der Waals surface area contributed by atoms with Gasteiger partial charge in [0, 0.05) is 0 Å². The Morgan fingerprint density at radius 3 is 2.32 bits per heavy atom. The molecule has 0 saturated carbocycles. The van der Waals surface area contributed by atoms with E-state index in [1.165, 1.54) is 4.90 Å². The molecule has 1 unspecified atom stereocenters. The van der Waals surface area contributed by atoms with Gasteiger partial charge in [-0.05, 0) is 37.6 Å². The Bertz CT molecular complexity index is 515. The average molecular weight is 306 g/mol. The Kier molecular flexibility index (Phi) is 5.63. The topological polar surface area (TPSA) is 67.9 Å². The van der Waals surface area contributed by atoms with Gasteiger partial charge >= 0.3 is 6.03 Å². The van der Waals surface area contributed by atoms with E-state index in [2.05, 4.69) is 5.32 Å². The maximum Gasteiger partial charge on any atom is 0.324 e. The van der Waals surface area contributed by atoms with Crippen LogP contribution in [0.3, 0.4) is 0 Å². The van der Waals surface area contributed by atoms with E-state index in [1.54, 1.807) is 12.1 Å². The Labute approximate surface area is 130 Å². The SMILES string of the molecule is CCCC1NC(=O)N(CCOc2ccc(OCC)cc2)C1=O. The second-order valence-electron chi connectivity index (χ2n) is 5.03. The first-order valence-electron chi connectivity index (χ1n) is 7.63. The van der Waals surface area contributed by atoms with Crippen molar-refractivity contribution in [3.05, 3.63) is 24.3 Å². The van der Waals surface area contributed by atoms with Crippen molar-refractivity contribution in [1.82, 2.24) is 10.2 Å². The normalized spacial score (nSPS) is 17.5. The van der Waals surface area contributed by atoms with Gasteiger partial charge in [-0.1, -0.05) is 13.3 Å². The molecule has 6 nitrogen and oxygen atoms in total. The zero-order chi connectivity index (χ0) is 15.9. The summed E-state index contributed by atoms with van der Waals surface area (Å²) in [6, 6.07) is 6.53. The lowest BCUT2D eigenvalue weighted by Crippen LogP contribution is -2.35. The average Bonchev–Trinajstić information content (AvgIpc) is 2.77. The maximum atomic E-state index is 12.0. The Morgan fingerprint density at radius 2 is 1.73 bits per heavy atom. The van der Waals surface area contributed by atoms with Crippen LogP contribution in [-0.4, -0.2) is 42.6 Å². The number of rotatable bonds is 8. The monoisotopic (exact) mass is 306 g/mol. The first kappa shape index (κ1) is 16.1. The molecule has 1 aliphatic heterocycles. The number of hydrogen-bond acceptors (Lipinski definition) is 4. The highest BCUT2D eigenvalue weighted by atomic mass is 16.5. The van der Waals surface area contributed by atoms with Crippen LogP contribution in [0.1, 0.15) is 26.7 Å². The summed E-state index contributed by atoms with van der Waals surface area (Å²) in [5.74, 6) is 1.30. The van der Waals surface area contributed by atoms with Gasteiger partial charge in [-0.15, -0.1) is 0 Å². The molecule has 0 spiro atoms. The molecule has 1 saturated heterocycles. The molecule has 1 aliphatic rings. The number of benzene rings is 1. The number of carbonyl (C=O) groups excluding carboxylic acids is 2. The summed E-state index contributed by atoms with van der Waals surface area (Å²) in [5, 5.41) is 2.69. The summed E-state index contributed by atoms with van der Waals surface area (Å²) in [7, 11) is 0. The standard InChI is InChI=1S/C16H22N2O4/c1-3-5-14-15(19)18(16(20)17-14)10-11-22-13-8-6-12(7-9-13)21-4-2/h6-9,14H,3-5,10-11H2,1-2H3,(H,17,20). The predicted octanol–water partition coefficient (Wildman–Crippen LogP) is 2.18. The molecule has 0 aliphatic carbocycles. The van der Waals surface area contributed by atoms with Gasteiger partial charge in [-0.25, -0.2) is 4.79 Å². The van der Waals surface area contributed by atoms with Crippen molar-refractivity contribution < 1.29 is 19.1 Å². The molecule has 120 valence electrons. The quantitative estimate of drug-likeness (QED) is 0.748. The molecular formula is C16H22N2O4. The number of nitrogens with zero attached hydrogens (tertiary/aromatic N) is 1. The van der Waals surface area contributed by atoms with Crippen molar-refractivity contribution in [2.75, 3.05) is 19.8 Å². The fraction of sp³-hybridized carbons (Fsp3) is 0.500. The van der Waals surface area contributed by atoms with E-state index in [4.69, 9.17) is 9.47 Å². The molecule has 1 aromatic rings. The number of carbonyl (C=O) groups is 2. The summed E-state index contributed by atoms with van der Waals surface area (Å²) >= 11 is 0. The third-order valence-electron chi connectivity index (χ3n) is 3.40. The minimum atomic E-state index is -0.386. The van der Waals surface area contributed by atoms with E-state index in [1.807, 2.05) is 26.0 Å². The van der Waals surface area contributed by atoms with Crippen LogP contribution in [0.15, 0.2) is 24.3 Å². The molecule has 22 heavy (non-hydrogen) atoms. The lowest BCUT2D eigenvalue weighted by Gasteiger charge is -2.14. The van der Waals surface area contributed by atoms with Crippen LogP contribution < -0.4 is 14.8 Å². The Morgan fingerprint density at radius 1 is 1.09 bits per heavy atom. The van der Waals surface area contributed by atoms with Crippen LogP contribution in [0.5, 0.6) is 11.5 Å². The van der Waals surface area contributed by atoms with Crippen molar-refractivity contribution in [3.8, 4) is 11.5 Å². The van der Waals surface area contributed by atoms with Crippen LogP contribution >= 0.6 is 0 Å². The van der Waals surface area contributed by atoms with Gasteiger partial charge in [-0.2, -0.15) is 0 Å². The molecule has 1 heterocycles. The number of hydrogen-bond donors (Lipinski definition) is 1. The Balaban J connectivity index is 1.80. The summed E-state index contributed by atoms with van der Waals surface area (Å²) in [5.41, 5.74) is 0. The van der Waals surface area contributed by atoms with Gasteiger partial charge in [0.25, 0.3) is 5.91 Å². The highest BCUT2D eigenvalue weighted by Crippen LogP contribution is 2.18. The van der Waals surface area contributed by atoms with Gasteiger partial charge in [0.15, 0.2) is 0 Å². The molecule has 1 atom stereocenters. The molecule has 0 radical (unpaired) electrons. The van der Waals surface area contributed by atoms with Crippen LogP contribution in [0.25, 0.3) is 0 Å². The number of urea groups is 1. The number of nitrogens with one attached hydrogen (secondary N) is 1. The molecule has 1 aromatic carbocycles. The second kappa shape index (κ2) is 7.68. The smallest absolute Gasteiger partial charge is 0.324 e. The van der Waals surface area contributed by atoms with Gasteiger partial charge in [-0.3, -0.25) is 9.69 Å². The zero-order valence-corrected chi connectivity index (χ0v) is 13.0. The summed E-state index contributed by atoms with van der Waals surface area (Å²) in [6.07, 6.45) is 1.52. The van der Waals surface area contributed by atoms with Crippen molar-refractivity contribution in [1.29, 1.82) is 0 Å². The first-order chi connectivity index (χ1) is 10.7. The zero-order valence-electron chi connectivity index (χ0n) is 13.0. The third-order valence-corrected chi connectivity index (χ3v) is 3.40. The molecule has 0 aromatic heterocycles. The van der Waals surface area contributed by atoms with E-state index >= 15 is 0 Å². The molecule has 6 heteroatoms. The molecular weight excluding hydrogens is 284 g/mol.